The third-order valence-corrected chi connectivity index (χ3v) is 3.70. The summed E-state index contributed by atoms with van der Waals surface area (Å²) in [5, 5.41) is 12.5. The molecule has 0 spiro atoms. The summed E-state index contributed by atoms with van der Waals surface area (Å²) in [5.74, 6) is -1.24. The van der Waals surface area contributed by atoms with Gasteiger partial charge < -0.3 is 16.2 Å². The van der Waals surface area contributed by atoms with Gasteiger partial charge in [-0.05, 0) is 18.8 Å². The van der Waals surface area contributed by atoms with E-state index >= 15 is 0 Å². The lowest BCUT2D eigenvalue weighted by Crippen LogP contribution is -2.50. The number of aromatic nitrogens is 2. The number of nitrogens with two attached hydrogens (primary N) is 1. The average molecular weight is 278 g/mol. The summed E-state index contributed by atoms with van der Waals surface area (Å²) in [6, 6.07) is 0. The van der Waals surface area contributed by atoms with E-state index in [1.807, 2.05) is 6.92 Å². The molecule has 1 aromatic heterocycles. The topological polar surface area (TPSA) is 118 Å². The van der Waals surface area contributed by atoms with E-state index in [4.69, 9.17) is 5.73 Å². The van der Waals surface area contributed by atoms with Crippen LogP contribution >= 0.6 is 0 Å². The van der Waals surface area contributed by atoms with E-state index < -0.39 is 17.4 Å². The Labute approximate surface area is 116 Å². The maximum Gasteiger partial charge on any atom is 0.329 e. The fraction of sp³-hybridized carbons (Fsp3) is 0.538. The number of carbonyl (C=O) groups is 2. The number of carboxylic acids is 1. The molecule has 0 radical (unpaired) electrons. The fourth-order valence-electron chi connectivity index (χ4n) is 2.75. The Kier molecular flexibility index (Phi) is 3.87. The number of primary amides is 1. The molecule has 108 valence electrons. The second-order valence-electron chi connectivity index (χ2n) is 5.33. The first kappa shape index (κ1) is 14.2. The highest BCUT2D eigenvalue weighted by Crippen LogP contribution is 2.35. The van der Waals surface area contributed by atoms with Crippen molar-refractivity contribution < 1.29 is 14.7 Å². The molecule has 1 amide bonds. The second-order valence-corrected chi connectivity index (χ2v) is 5.33. The molecule has 1 fully saturated rings. The van der Waals surface area contributed by atoms with Gasteiger partial charge in [0, 0.05) is 12.4 Å². The standard InChI is InChI=1S/C13H18N4O3/c1-8-3-2-4-13(7-8,12(19)20)17-11-9(10(14)18)15-5-6-16-11/h5-6,8H,2-4,7H2,1H3,(H2,14,18)(H,16,17)(H,19,20). The highest BCUT2D eigenvalue weighted by atomic mass is 16.4. The van der Waals surface area contributed by atoms with E-state index in [9.17, 15) is 14.7 Å². The van der Waals surface area contributed by atoms with Crippen molar-refractivity contribution in [3.63, 3.8) is 0 Å². The zero-order valence-electron chi connectivity index (χ0n) is 11.3. The highest BCUT2D eigenvalue weighted by molar-refractivity contribution is 5.96. The smallest absolute Gasteiger partial charge is 0.329 e. The van der Waals surface area contributed by atoms with Crippen LogP contribution in [0.25, 0.3) is 0 Å². The van der Waals surface area contributed by atoms with Crippen LogP contribution in [0, 0.1) is 5.92 Å². The van der Waals surface area contributed by atoms with Gasteiger partial charge in [-0.25, -0.2) is 14.8 Å². The van der Waals surface area contributed by atoms with Gasteiger partial charge in [-0.15, -0.1) is 0 Å². The number of anilines is 1. The summed E-state index contributed by atoms with van der Waals surface area (Å²) in [5.41, 5.74) is 4.09. The Bertz CT molecular complexity index is 534. The van der Waals surface area contributed by atoms with Crippen molar-refractivity contribution in [3.8, 4) is 0 Å². The fourth-order valence-corrected chi connectivity index (χ4v) is 2.75. The van der Waals surface area contributed by atoms with E-state index in [2.05, 4.69) is 15.3 Å². The summed E-state index contributed by atoms with van der Waals surface area (Å²) < 4.78 is 0. The minimum absolute atomic E-state index is 0.0358. The molecule has 1 saturated carbocycles. The molecule has 1 aromatic rings. The van der Waals surface area contributed by atoms with Crippen LogP contribution in [0.15, 0.2) is 12.4 Å². The number of aliphatic carboxylic acids is 1. The number of nitrogens with zero attached hydrogens (tertiary/aromatic N) is 2. The molecular weight excluding hydrogens is 260 g/mol. The lowest BCUT2D eigenvalue weighted by Gasteiger charge is -2.37. The van der Waals surface area contributed by atoms with Crippen LogP contribution in [0.3, 0.4) is 0 Å². The third-order valence-electron chi connectivity index (χ3n) is 3.70. The van der Waals surface area contributed by atoms with Crippen molar-refractivity contribution in [1.29, 1.82) is 0 Å². The first-order valence-electron chi connectivity index (χ1n) is 6.57. The summed E-state index contributed by atoms with van der Waals surface area (Å²) in [4.78, 5) is 30.9. The largest absolute Gasteiger partial charge is 0.480 e. The van der Waals surface area contributed by atoms with Gasteiger partial charge in [0.2, 0.25) is 0 Å². The lowest BCUT2D eigenvalue weighted by atomic mass is 9.76. The Balaban J connectivity index is 2.34. The minimum Gasteiger partial charge on any atom is -0.480 e. The second kappa shape index (κ2) is 5.44. The molecule has 7 heteroatoms. The predicted molar refractivity (Wildman–Crippen MR) is 72.2 cm³/mol. The first-order chi connectivity index (χ1) is 9.44. The van der Waals surface area contributed by atoms with Crippen molar-refractivity contribution in [3.05, 3.63) is 18.1 Å². The molecule has 0 aliphatic heterocycles. The molecule has 2 unspecified atom stereocenters. The van der Waals surface area contributed by atoms with Crippen LogP contribution < -0.4 is 11.1 Å². The van der Waals surface area contributed by atoms with E-state index in [0.29, 0.717) is 18.8 Å². The minimum atomic E-state index is -1.11. The molecular formula is C13H18N4O3. The Morgan fingerprint density at radius 2 is 2.15 bits per heavy atom. The highest BCUT2D eigenvalue weighted by Gasteiger charge is 2.42. The van der Waals surface area contributed by atoms with Gasteiger partial charge in [0.05, 0.1) is 0 Å². The number of amides is 1. The van der Waals surface area contributed by atoms with Crippen LogP contribution in [-0.4, -0.2) is 32.5 Å². The van der Waals surface area contributed by atoms with Gasteiger partial charge >= 0.3 is 5.97 Å². The zero-order chi connectivity index (χ0) is 14.8. The van der Waals surface area contributed by atoms with Crippen molar-refractivity contribution in [2.24, 2.45) is 11.7 Å². The van der Waals surface area contributed by atoms with Crippen molar-refractivity contribution in [2.45, 2.75) is 38.1 Å². The molecule has 4 N–H and O–H groups in total. The summed E-state index contributed by atoms with van der Waals surface area (Å²) in [6.07, 6.45) is 5.53. The Hall–Kier alpha value is -2.18. The van der Waals surface area contributed by atoms with Crippen molar-refractivity contribution >= 4 is 17.7 Å². The SMILES string of the molecule is CC1CCCC(Nc2nccnc2C(N)=O)(C(=O)O)C1. The van der Waals surface area contributed by atoms with Crippen LogP contribution in [0.4, 0.5) is 5.82 Å². The van der Waals surface area contributed by atoms with Gasteiger partial charge in [0.25, 0.3) is 5.91 Å². The summed E-state index contributed by atoms with van der Waals surface area (Å²) in [6.45, 7) is 2.02. The maximum atomic E-state index is 11.7. The monoisotopic (exact) mass is 278 g/mol. The molecule has 0 saturated heterocycles. The number of hydrogen-bond acceptors (Lipinski definition) is 5. The molecule has 7 nitrogen and oxygen atoms in total. The molecule has 1 aliphatic carbocycles. The number of carboxylic acid groups (broad SMARTS) is 1. The molecule has 0 aromatic carbocycles. The third kappa shape index (κ3) is 2.71. The predicted octanol–water partition coefficient (Wildman–Crippen LogP) is 1.02. The van der Waals surface area contributed by atoms with Crippen LogP contribution in [0.2, 0.25) is 0 Å². The molecule has 2 rings (SSSR count). The quantitative estimate of drug-likeness (QED) is 0.756. The molecule has 2 atom stereocenters. The zero-order valence-corrected chi connectivity index (χ0v) is 11.3. The molecule has 1 heterocycles. The maximum absolute atomic E-state index is 11.7. The number of carbonyl (C=O) groups excluding carboxylic acids is 1. The Morgan fingerprint density at radius 1 is 1.45 bits per heavy atom. The van der Waals surface area contributed by atoms with Gasteiger partial charge in [0.1, 0.15) is 5.54 Å². The average Bonchev–Trinajstić information content (AvgIpc) is 2.39. The normalized spacial score (nSPS) is 25.9. The van der Waals surface area contributed by atoms with Gasteiger partial charge in [0.15, 0.2) is 11.5 Å². The number of rotatable bonds is 4. The summed E-state index contributed by atoms with van der Waals surface area (Å²) >= 11 is 0. The summed E-state index contributed by atoms with van der Waals surface area (Å²) in [7, 11) is 0. The van der Waals surface area contributed by atoms with E-state index in [-0.39, 0.29) is 11.5 Å². The van der Waals surface area contributed by atoms with E-state index in [1.54, 1.807) is 0 Å². The molecule has 0 bridgehead atoms. The van der Waals surface area contributed by atoms with Crippen LogP contribution in [0.5, 0.6) is 0 Å². The number of hydrogen-bond donors (Lipinski definition) is 3. The van der Waals surface area contributed by atoms with E-state index in [1.165, 1.54) is 12.4 Å². The molecule has 1 aliphatic rings. The van der Waals surface area contributed by atoms with Crippen molar-refractivity contribution in [1.82, 2.24) is 9.97 Å². The van der Waals surface area contributed by atoms with Crippen LogP contribution in [0.1, 0.15) is 43.1 Å². The van der Waals surface area contributed by atoms with Crippen LogP contribution in [-0.2, 0) is 4.79 Å². The van der Waals surface area contributed by atoms with Gasteiger partial charge in [-0.3, -0.25) is 4.79 Å². The molecule has 20 heavy (non-hydrogen) atoms. The van der Waals surface area contributed by atoms with Crippen molar-refractivity contribution in [2.75, 3.05) is 5.32 Å². The number of nitrogens with one attached hydrogen (secondary N) is 1. The van der Waals surface area contributed by atoms with Gasteiger partial charge in [-0.1, -0.05) is 19.8 Å². The Morgan fingerprint density at radius 3 is 2.75 bits per heavy atom. The van der Waals surface area contributed by atoms with Gasteiger partial charge in [-0.2, -0.15) is 0 Å². The van der Waals surface area contributed by atoms with E-state index in [0.717, 1.165) is 12.8 Å². The lowest BCUT2D eigenvalue weighted by molar-refractivity contribution is -0.144. The first-order valence-corrected chi connectivity index (χ1v) is 6.57.